The van der Waals surface area contributed by atoms with Crippen LogP contribution in [0.3, 0.4) is 0 Å². The van der Waals surface area contributed by atoms with Crippen LogP contribution in [0.1, 0.15) is 44.6 Å². The second-order valence-electron chi connectivity index (χ2n) is 5.19. The first-order chi connectivity index (χ1) is 10.6. The first-order valence-electron chi connectivity index (χ1n) is 7.79. The van der Waals surface area contributed by atoms with E-state index in [1.807, 2.05) is 32.0 Å². The molecular weight excluding hydrogens is 282 g/mol. The van der Waals surface area contributed by atoms with Gasteiger partial charge in [0.2, 0.25) is 0 Å². The van der Waals surface area contributed by atoms with Gasteiger partial charge in [-0.05, 0) is 24.8 Å². The highest BCUT2D eigenvalue weighted by Crippen LogP contribution is 2.19. The van der Waals surface area contributed by atoms with E-state index in [0.717, 1.165) is 18.4 Å². The van der Waals surface area contributed by atoms with Crippen molar-refractivity contribution in [2.24, 2.45) is 0 Å². The minimum atomic E-state index is -0.902. The van der Waals surface area contributed by atoms with E-state index >= 15 is 0 Å². The second kappa shape index (κ2) is 9.82. The summed E-state index contributed by atoms with van der Waals surface area (Å²) in [4.78, 5) is 25.0. The number of hydrogen-bond donors (Lipinski definition) is 1. The fourth-order valence-electron chi connectivity index (χ4n) is 2.31. The van der Waals surface area contributed by atoms with Crippen LogP contribution < -0.4 is 0 Å². The van der Waals surface area contributed by atoms with Crippen molar-refractivity contribution in [3.8, 4) is 0 Å². The molecule has 1 N–H and O–H groups in total. The van der Waals surface area contributed by atoms with E-state index in [-0.39, 0.29) is 19.1 Å². The number of benzene rings is 1. The Balaban J connectivity index is 2.52. The van der Waals surface area contributed by atoms with Crippen LogP contribution in [0.15, 0.2) is 30.3 Å². The Bertz CT molecular complexity index is 455. The monoisotopic (exact) mass is 307 g/mol. The van der Waals surface area contributed by atoms with Gasteiger partial charge < -0.3 is 14.7 Å². The topological polar surface area (TPSA) is 66.8 Å². The summed E-state index contributed by atoms with van der Waals surface area (Å²) in [6.07, 6.45) is 1.66. The Kier molecular flexibility index (Phi) is 8.04. The molecule has 0 radical (unpaired) electrons. The second-order valence-corrected chi connectivity index (χ2v) is 5.19. The zero-order chi connectivity index (χ0) is 16.4. The molecule has 122 valence electrons. The first kappa shape index (κ1) is 18.0. The number of carbonyl (C=O) groups is 2. The molecule has 5 nitrogen and oxygen atoms in total. The summed E-state index contributed by atoms with van der Waals surface area (Å²) in [5, 5.41) is 9.32. The summed E-state index contributed by atoms with van der Waals surface area (Å²) < 4.78 is 5.24. The fourth-order valence-corrected chi connectivity index (χ4v) is 2.31. The standard InChI is InChI=1S/C17H25NO4/c1-3-11-18(12-4-2)17(21)22-13-10-15(16(19)20)14-8-6-5-7-9-14/h5-9,15H,3-4,10-13H2,1-2H3,(H,19,20). The summed E-state index contributed by atoms with van der Waals surface area (Å²) >= 11 is 0. The van der Waals surface area contributed by atoms with Crippen molar-refractivity contribution in [2.75, 3.05) is 19.7 Å². The number of ether oxygens (including phenoxy) is 1. The van der Waals surface area contributed by atoms with Crippen LogP contribution in [-0.4, -0.2) is 41.8 Å². The smallest absolute Gasteiger partial charge is 0.409 e. The zero-order valence-electron chi connectivity index (χ0n) is 13.3. The van der Waals surface area contributed by atoms with Crippen molar-refractivity contribution in [2.45, 2.75) is 39.0 Å². The van der Waals surface area contributed by atoms with Crippen molar-refractivity contribution in [3.63, 3.8) is 0 Å². The van der Waals surface area contributed by atoms with E-state index in [0.29, 0.717) is 13.1 Å². The quantitative estimate of drug-likeness (QED) is 0.758. The van der Waals surface area contributed by atoms with Crippen molar-refractivity contribution in [1.29, 1.82) is 0 Å². The highest BCUT2D eigenvalue weighted by Gasteiger charge is 2.21. The Labute approximate surface area is 131 Å². The summed E-state index contributed by atoms with van der Waals surface area (Å²) in [6, 6.07) is 9.01. The SMILES string of the molecule is CCCN(CCC)C(=O)OCCC(C(=O)O)c1ccccc1. The number of nitrogens with zero attached hydrogens (tertiary/aromatic N) is 1. The number of rotatable bonds is 9. The van der Waals surface area contributed by atoms with Gasteiger partial charge in [-0.3, -0.25) is 4.79 Å². The lowest BCUT2D eigenvalue weighted by atomic mass is 9.96. The molecule has 1 unspecified atom stereocenters. The lowest BCUT2D eigenvalue weighted by Crippen LogP contribution is -2.33. The van der Waals surface area contributed by atoms with E-state index in [4.69, 9.17) is 4.74 Å². The van der Waals surface area contributed by atoms with Gasteiger partial charge in [0.05, 0.1) is 12.5 Å². The van der Waals surface area contributed by atoms with Crippen LogP contribution in [0.2, 0.25) is 0 Å². The first-order valence-corrected chi connectivity index (χ1v) is 7.79. The summed E-state index contributed by atoms with van der Waals surface area (Å²) in [6.45, 7) is 5.44. The number of carboxylic acid groups (broad SMARTS) is 1. The molecule has 0 bridgehead atoms. The maximum absolute atomic E-state index is 12.0. The normalized spacial score (nSPS) is 11.7. The summed E-state index contributed by atoms with van der Waals surface area (Å²) in [5.74, 6) is -1.55. The Hall–Kier alpha value is -2.04. The number of carboxylic acids is 1. The predicted octanol–water partition coefficient (Wildman–Crippen LogP) is 3.50. The summed E-state index contributed by atoms with van der Waals surface area (Å²) in [5.41, 5.74) is 0.727. The highest BCUT2D eigenvalue weighted by atomic mass is 16.6. The van der Waals surface area contributed by atoms with Crippen LogP contribution >= 0.6 is 0 Å². The predicted molar refractivity (Wildman–Crippen MR) is 84.9 cm³/mol. The molecule has 0 spiro atoms. The zero-order valence-corrected chi connectivity index (χ0v) is 13.3. The maximum Gasteiger partial charge on any atom is 0.409 e. The van der Waals surface area contributed by atoms with E-state index in [2.05, 4.69) is 0 Å². The van der Waals surface area contributed by atoms with E-state index in [9.17, 15) is 14.7 Å². The molecule has 0 aliphatic heterocycles. The average molecular weight is 307 g/mol. The van der Waals surface area contributed by atoms with Gasteiger partial charge in [0.15, 0.2) is 0 Å². The van der Waals surface area contributed by atoms with Crippen molar-refractivity contribution < 1.29 is 19.4 Å². The molecule has 0 fully saturated rings. The molecule has 1 aromatic carbocycles. The molecule has 22 heavy (non-hydrogen) atoms. The van der Waals surface area contributed by atoms with Crippen LogP contribution in [0.25, 0.3) is 0 Å². The molecule has 0 aliphatic rings. The van der Waals surface area contributed by atoms with Crippen LogP contribution in [0.5, 0.6) is 0 Å². The molecule has 1 rings (SSSR count). The van der Waals surface area contributed by atoms with Gasteiger partial charge in [0.25, 0.3) is 0 Å². The average Bonchev–Trinajstić information content (AvgIpc) is 2.51. The van der Waals surface area contributed by atoms with Gasteiger partial charge in [0.1, 0.15) is 0 Å². The number of hydrogen-bond acceptors (Lipinski definition) is 3. The molecule has 0 saturated heterocycles. The van der Waals surface area contributed by atoms with Gasteiger partial charge in [-0.2, -0.15) is 0 Å². The molecular formula is C17H25NO4. The lowest BCUT2D eigenvalue weighted by molar-refractivity contribution is -0.139. The van der Waals surface area contributed by atoms with Crippen LogP contribution in [0, 0.1) is 0 Å². The van der Waals surface area contributed by atoms with Crippen LogP contribution in [-0.2, 0) is 9.53 Å². The number of carbonyl (C=O) groups excluding carboxylic acids is 1. The summed E-state index contributed by atoms with van der Waals surface area (Å²) in [7, 11) is 0. The molecule has 0 aromatic heterocycles. The molecule has 0 saturated carbocycles. The minimum Gasteiger partial charge on any atom is -0.481 e. The third kappa shape index (κ3) is 5.76. The molecule has 0 aliphatic carbocycles. The van der Waals surface area contributed by atoms with Crippen molar-refractivity contribution in [3.05, 3.63) is 35.9 Å². The molecule has 1 aromatic rings. The van der Waals surface area contributed by atoms with Crippen molar-refractivity contribution >= 4 is 12.1 Å². The van der Waals surface area contributed by atoms with E-state index < -0.39 is 11.9 Å². The van der Waals surface area contributed by atoms with Gasteiger partial charge in [-0.15, -0.1) is 0 Å². The molecule has 1 amide bonds. The third-order valence-corrected chi connectivity index (χ3v) is 3.38. The Morgan fingerprint density at radius 1 is 1.14 bits per heavy atom. The minimum absolute atomic E-state index is 0.106. The van der Waals surface area contributed by atoms with Crippen LogP contribution in [0.4, 0.5) is 4.79 Å². The largest absolute Gasteiger partial charge is 0.481 e. The Morgan fingerprint density at radius 3 is 2.23 bits per heavy atom. The molecule has 1 atom stereocenters. The van der Waals surface area contributed by atoms with E-state index in [1.165, 1.54) is 0 Å². The third-order valence-electron chi connectivity index (χ3n) is 3.38. The van der Waals surface area contributed by atoms with Crippen molar-refractivity contribution in [1.82, 2.24) is 4.90 Å². The van der Waals surface area contributed by atoms with E-state index in [1.54, 1.807) is 17.0 Å². The Morgan fingerprint density at radius 2 is 1.73 bits per heavy atom. The number of aliphatic carboxylic acids is 1. The van der Waals surface area contributed by atoms with Gasteiger partial charge in [-0.25, -0.2) is 4.79 Å². The molecule has 0 heterocycles. The number of amides is 1. The maximum atomic E-state index is 12.0. The molecule has 5 heteroatoms. The fraction of sp³-hybridized carbons (Fsp3) is 0.529. The van der Waals surface area contributed by atoms with Gasteiger partial charge in [-0.1, -0.05) is 44.2 Å². The highest BCUT2D eigenvalue weighted by molar-refractivity contribution is 5.76. The lowest BCUT2D eigenvalue weighted by Gasteiger charge is -2.21. The van der Waals surface area contributed by atoms with Gasteiger partial charge >= 0.3 is 12.1 Å². The van der Waals surface area contributed by atoms with Gasteiger partial charge in [0, 0.05) is 13.1 Å².